The minimum absolute atomic E-state index is 0.174. The minimum atomic E-state index is -0.874. The lowest BCUT2D eigenvalue weighted by atomic mass is 9.58. The van der Waals surface area contributed by atoms with Crippen molar-refractivity contribution >= 4 is 11.6 Å². The van der Waals surface area contributed by atoms with Gasteiger partial charge in [-0.15, -0.1) is 10.2 Å². The number of nitrogens with two attached hydrogens (primary N) is 1. The Labute approximate surface area is 237 Å². The van der Waals surface area contributed by atoms with Crippen LogP contribution in [0.4, 0.5) is 14.5 Å². The number of nitrogens with zero attached hydrogens (tertiary/aromatic N) is 5. The van der Waals surface area contributed by atoms with Gasteiger partial charge in [-0.25, -0.2) is 8.78 Å². The second-order valence-electron chi connectivity index (χ2n) is 11.6. The second-order valence-corrected chi connectivity index (χ2v) is 11.6. The number of aromatic nitrogens is 4. The predicted molar refractivity (Wildman–Crippen MR) is 153 cm³/mol. The van der Waals surface area contributed by atoms with E-state index in [2.05, 4.69) is 17.1 Å². The number of anilines is 1. The molecule has 0 unspecified atom stereocenters. The van der Waals surface area contributed by atoms with Crippen molar-refractivity contribution in [1.29, 1.82) is 0 Å². The Morgan fingerprint density at radius 2 is 1.85 bits per heavy atom. The van der Waals surface area contributed by atoms with Gasteiger partial charge in [-0.2, -0.15) is 0 Å². The Bertz CT molecular complexity index is 1640. The van der Waals surface area contributed by atoms with Crippen LogP contribution in [0, 0.1) is 23.5 Å². The smallest absolute Gasteiger partial charge is 0.267 e. The summed E-state index contributed by atoms with van der Waals surface area (Å²) in [5, 5.41) is 8.52. The highest BCUT2D eigenvalue weighted by Crippen LogP contribution is 2.52. The molecule has 0 bridgehead atoms. The van der Waals surface area contributed by atoms with Crippen molar-refractivity contribution in [2.24, 2.45) is 24.6 Å². The third kappa shape index (κ3) is 5.38. The zero-order valence-corrected chi connectivity index (χ0v) is 23.6. The number of rotatable bonds is 9. The van der Waals surface area contributed by atoms with Crippen LogP contribution in [-0.4, -0.2) is 31.8 Å². The SMILES string of the molecule is CC(C)CN(Cc1cc(C(N)=O)c(=O)n(-c2ccc(F)cc2)c1)c1cc(C2(c3nncn3C)CC(C)C2)ccc1F. The first-order valence-electron chi connectivity index (χ1n) is 13.7. The maximum absolute atomic E-state index is 15.6. The van der Waals surface area contributed by atoms with Crippen LogP contribution in [0.15, 0.2) is 65.8 Å². The second kappa shape index (κ2) is 10.9. The van der Waals surface area contributed by atoms with E-state index >= 15 is 4.39 Å². The standard InChI is InChI=1S/C31H34F2N6O2/c1-19(2)15-38(16-21-11-25(28(34)40)29(41)39(17-21)24-8-6-23(32)7-9-24)27-12-22(5-10-26(27)33)31(13-20(3)14-31)30-36-35-18-37(30)4/h5-12,17-20H,13-16H2,1-4H3,(H2,34,40). The van der Waals surface area contributed by atoms with Crippen LogP contribution in [-0.2, 0) is 19.0 Å². The van der Waals surface area contributed by atoms with Gasteiger partial charge in [0.15, 0.2) is 0 Å². The Morgan fingerprint density at radius 1 is 1.15 bits per heavy atom. The van der Waals surface area contributed by atoms with Gasteiger partial charge in [-0.3, -0.25) is 14.2 Å². The highest BCUT2D eigenvalue weighted by Gasteiger charge is 2.48. The number of primary amides is 1. The quantitative estimate of drug-likeness (QED) is 0.319. The molecule has 1 saturated carbocycles. The number of hydrogen-bond acceptors (Lipinski definition) is 5. The lowest BCUT2D eigenvalue weighted by molar-refractivity contribution is 0.0998. The van der Waals surface area contributed by atoms with Gasteiger partial charge in [0.1, 0.15) is 29.3 Å². The number of amides is 1. The molecule has 2 N–H and O–H groups in total. The van der Waals surface area contributed by atoms with E-state index in [1.165, 1.54) is 41.0 Å². The molecular formula is C31H34F2N6O2. The summed E-state index contributed by atoms with van der Waals surface area (Å²) in [4.78, 5) is 27.2. The van der Waals surface area contributed by atoms with Crippen molar-refractivity contribution in [3.8, 4) is 5.69 Å². The molecular weight excluding hydrogens is 526 g/mol. The fourth-order valence-electron chi connectivity index (χ4n) is 6.05. The van der Waals surface area contributed by atoms with Gasteiger partial charge in [0.05, 0.1) is 11.1 Å². The average Bonchev–Trinajstić information content (AvgIpc) is 3.33. The van der Waals surface area contributed by atoms with Crippen LogP contribution in [0.1, 0.15) is 60.9 Å². The molecule has 10 heteroatoms. The molecule has 1 aliphatic carbocycles. The Hall–Kier alpha value is -4.34. The van der Waals surface area contributed by atoms with Gasteiger partial charge in [0.2, 0.25) is 0 Å². The summed E-state index contributed by atoms with van der Waals surface area (Å²) in [6.07, 6.45) is 5.02. The van der Waals surface area contributed by atoms with E-state index in [1.807, 2.05) is 42.5 Å². The number of pyridine rings is 1. The van der Waals surface area contributed by atoms with Crippen LogP contribution in [0.2, 0.25) is 0 Å². The maximum Gasteiger partial charge on any atom is 0.267 e. The fraction of sp³-hybridized carbons (Fsp3) is 0.355. The van der Waals surface area contributed by atoms with Crippen LogP contribution >= 0.6 is 0 Å². The van der Waals surface area contributed by atoms with Gasteiger partial charge in [-0.1, -0.05) is 26.8 Å². The van der Waals surface area contributed by atoms with Gasteiger partial charge < -0.3 is 15.2 Å². The van der Waals surface area contributed by atoms with Gasteiger partial charge in [0, 0.05) is 32.0 Å². The van der Waals surface area contributed by atoms with E-state index in [1.54, 1.807) is 12.5 Å². The fourth-order valence-corrected chi connectivity index (χ4v) is 6.05. The molecule has 0 atom stereocenters. The van der Waals surface area contributed by atoms with E-state index in [4.69, 9.17) is 5.73 Å². The third-order valence-electron chi connectivity index (χ3n) is 7.78. The average molecular weight is 561 g/mol. The largest absolute Gasteiger partial charge is 0.365 e. The van der Waals surface area contributed by atoms with Gasteiger partial charge >= 0.3 is 0 Å². The van der Waals surface area contributed by atoms with Crippen molar-refractivity contribution in [3.63, 3.8) is 0 Å². The Morgan fingerprint density at radius 3 is 2.44 bits per heavy atom. The summed E-state index contributed by atoms with van der Waals surface area (Å²) in [6, 6.07) is 12.0. The van der Waals surface area contributed by atoms with Gasteiger partial charge in [0.25, 0.3) is 11.5 Å². The molecule has 0 saturated heterocycles. The molecule has 0 aliphatic heterocycles. The summed E-state index contributed by atoms with van der Waals surface area (Å²) in [5.74, 6) is -0.190. The maximum atomic E-state index is 15.6. The predicted octanol–water partition coefficient (Wildman–Crippen LogP) is 4.72. The minimum Gasteiger partial charge on any atom is -0.365 e. The van der Waals surface area contributed by atoms with Gasteiger partial charge in [-0.05, 0) is 78.3 Å². The van der Waals surface area contributed by atoms with Crippen LogP contribution in [0.25, 0.3) is 5.69 Å². The summed E-state index contributed by atoms with van der Waals surface area (Å²) >= 11 is 0. The first kappa shape index (κ1) is 28.2. The van der Waals surface area contributed by atoms with Crippen LogP contribution in [0.5, 0.6) is 0 Å². The molecule has 41 heavy (non-hydrogen) atoms. The summed E-state index contributed by atoms with van der Waals surface area (Å²) in [7, 11) is 1.92. The summed E-state index contributed by atoms with van der Waals surface area (Å²) in [6.45, 7) is 6.98. The number of carbonyl (C=O) groups is 1. The molecule has 2 aromatic carbocycles. The highest BCUT2D eigenvalue weighted by atomic mass is 19.1. The van der Waals surface area contributed by atoms with E-state index in [-0.39, 0.29) is 29.3 Å². The van der Waals surface area contributed by atoms with E-state index in [9.17, 15) is 14.0 Å². The first-order valence-corrected chi connectivity index (χ1v) is 13.7. The third-order valence-corrected chi connectivity index (χ3v) is 7.78. The normalized spacial score (nSPS) is 18.4. The molecule has 2 heterocycles. The molecule has 1 aliphatic rings. The molecule has 2 aromatic heterocycles. The van der Waals surface area contributed by atoms with E-state index in [0.717, 1.165) is 24.2 Å². The molecule has 8 nitrogen and oxygen atoms in total. The number of aryl methyl sites for hydroxylation is 1. The van der Waals surface area contributed by atoms with E-state index < -0.39 is 17.3 Å². The number of hydrogen-bond donors (Lipinski definition) is 1. The van der Waals surface area contributed by atoms with Crippen molar-refractivity contribution < 1.29 is 13.6 Å². The van der Waals surface area contributed by atoms with Crippen molar-refractivity contribution in [2.75, 3.05) is 11.4 Å². The van der Waals surface area contributed by atoms with E-state index in [0.29, 0.717) is 29.4 Å². The molecule has 0 radical (unpaired) electrons. The number of carbonyl (C=O) groups excluding carboxylic acids is 1. The van der Waals surface area contributed by atoms with Crippen molar-refractivity contribution in [2.45, 2.75) is 45.6 Å². The van der Waals surface area contributed by atoms with Crippen LogP contribution in [0.3, 0.4) is 0 Å². The zero-order chi connectivity index (χ0) is 29.5. The summed E-state index contributed by atoms with van der Waals surface area (Å²) < 4.78 is 32.4. The molecule has 4 aromatic rings. The number of halogens is 2. The summed E-state index contributed by atoms with van der Waals surface area (Å²) in [5.41, 5.74) is 6.72. The lowest BCUT2D eigenvalue weighted by Gasteiger charge is -2.46. The Balaban J connectivity index is 1.59. The molecule has 214 valence electrons. The number of benzene rings is 2. The van der Waals surface area contributed by atoms with Crippen molar-refractivity contribution in [1.82, 2.24) is 19.3 Å². The molecule has 0 spiro atoms. The molecule has 5 rings (SSSR count). The molecule has 1 amide bonds. The Kier molecular flexibility index (Phi) is 7.50. The zero-order valence-electron chi connectivity index (χ0n) is 23.6. The molecule has 1 fully saturated rings. The monoisotopic (exact) mass is 560 g/mol. The van der Waals surface area contributed by atoms with Crippen LogP contribution < -0.4 is 16.2 Å². The lowest BCUT2D eigenvalue weighted by Crippen LogP contribution is -2.43. The van der Waals surface area contributed by atoms with Crippen molar-refractivity contribution in [3.05, 3.63) is 106 Å². The highest BCUT2D eigenvalue weighted by molar-refractivity contribution is 5.92. The topological polar surface area (TPSA) is 99.0 Å². The first-order chi connectivity index (χ1) is 19.5.